The Morgan fingerprint density at radius 3 is 1.50 bits per heavy atom. The Labute approximate surface area is 710 Å². The summed E-state index contributed by atoms with van der Waals surface area (Å²) in [6.45, 7) is 44.1. The number of carbonyl (C=O) groups excluding carboxylic acids is 1. The molecule has 119 heavy (non-hydrogen) atoms. The standard InChI is InChI=1S/C38H48N6O2.C32H39N5O.C9H21O6P3.C6H15N.C5H9NO2.CH3F/c1-26-10-6-11-27-12-7-14-34(36(26)27)44-21-18-32-33(24-44)40-38(46-25-30-13-8-20-43(30)5)41-37(32)28-16-17-31(29(22-28)23-39-2)35(45)15-9-19-42(3)4;1-22-8-4-10-24-11-6-14-29(30(22)24)37-17-15-27-28(20-37)34-32(38-21-26-13-7-16-36(26)3)35-31(27)25-12-5-9-23(18-25)19-33-2;1-4-7-16(10)13-17(11,8-5-2)15-18(12,14-16)9-6-3;1-4-7(5-2)6-3;1-6-4-2-3-5(7)8;1-2/h6-7,9-12,14-15,28-31H,8,13,16-25H2,1,3-5H3;4,6,8,10-11,14,23,25-26H,5,7,9,12-13,15-21H2,1,3H3;4-9H2,1-3H3;4-6H2,1-3H3;2-3,6H,4H2,1H3,(H,7,8);1H3/b15-9+;;;;3-2+;/t28?,29-,30+,31?;23-,25?,26+;;;;/m11..../s1/i;;;;;1D. The van der Waals surface area contributed by atoms with Gasteiger partial charge in [0, 0.05) is 96.1 Å². The number of aryl methyl sites for hydroxylation is 2. The van der Waals surface area contributed by atoms with E-state index in [4.69, 9.17) is 62.0 Å². The van der Waals surface area contributed by atoms with E-state index in [2.05, 4.69) is 161 Å². The van der Waals surface area contributed by atoms with Crippen molar-refractivity contribution in [2.24, 2.45) is 17.8 Å². The molecule has 13 rings (SSSR count). The van der Waals surface area contributed by atoms with Crippen LogP contribution in [0.1, 0.15) is 190 Å². The van der Waals surface area contributed by atoms with Gasteiger partial charge in [0.05, 0.1) is 62.9 Å². The summed E-state index contributed by atoms with van der Waals surface area (Å²) in [6.07, 6.45) is 21.8. The van der Waals surface area contributed by atoms with Crippen molar-refractivity contribution in [2.45, 2.75) is 195 Å². The van der Waals surface area contributed by atoms with E-state index in [1.807, 2.05) is 25.1 Å². The number of ketones is 1. The highest BCUT2D eigenvalue weighted by Crippen LogP contribution is 2.82. The van der Waals surface area contributed by atoms with Gasteiger partial charge in [0.2, 0.25) is 13.1 Å². The molecule has 2 aliphatic carbocycles. The minimum Gasteiger partial charge on any atom is -0.478 e. The number of benzene rings is 4. The Bertz CT molecular complexity index is 4490. The van der Waals surface area contributed by atoms with Crippen LogP contribution in [0.5, 0.6) is 12.0 Å². The number of likely N-dealkylation sites (N-methyl/N-ethyl adjacent to an activating group) is 4. The third-order valence-corrected chi connectivity index (χ3v) is 32.6. The van der Waals surface area contributed by atoms with Crippen LogP contribution in [0.4, 0.5) is 15.8 Å². The normalized spacial score (nSPS) is 24.4. The smallest absolute Gasteiger partial charge is 0.345 e. The van der Waals surface area contributed by atoms with E-state index in [0.29, 0.717) is 94.6 Å². The highest BCUT2D eigenvalue weighted by molar-refractivity contribution is 7.80. The minimum absolute atomic E-state index is 0.0219. The number of allylic oxidation sites excluding steroid dienone is 1. The fourth-order valence-electron chi connectivity index (χ4n) is 17.5. The lowest BCUT2D eigenvalue weighted by Gasteiger charge is -2.36. The zero-order chi connectivity index (χ0) is 86.9. The van der Waals surface area contributed by atoms with E-state index in [-0.39, 0.29) is 42.0 Å². The molecule has 28 heteroatoms. The highest BCUT2D eigenvalue weighted by atomic mass is 31.3. The second-order valence-electron chi connectivity index (χ2n) is 32.6. The summed E-state index contributed by atoms with van der Waals surface area (Å²) in [5.41, 5.74) is 12.1. The number of carbonyl (C=O) groups is 2. The molecular formula is C91H135FN13O11P3. The lowest BCUT2D eigenvalue weighted by molar-refractivity contribution is -0.131. The number of halogens is 1. The molecule has 6 aromatic rings. The minimum atomic E-state index is -3.57. The van der Waals surface area contributed by atoms with E-state index < -0.39 is 35.9 Å². The van der Waals surface area contributed by atoms with Crippen LogP contribution in [0.15, 0.2) is 97.1 Å². The molecular weight excluding hydrogens is 1560 g/mol. The van der Waals surface area contributed by atoms with Gasteiger partial charge in [-0.2, -0.15) is 19.9 Å². The van der Waals surface area contributed by atoms with Gasteiger partial charge in [-0.15, -0.1) is 0 Å². The maximum absolute atomic E-state index is 13.3. The number of alkyl halides is 1. The van der Waals surface area contributed by atoms with Crippen LogP contribution in [-0.2, 0) is 62.1 Å². The monoisotopic (exact) mass is 1700 g/mol. The number of aromatic nitrogens is 4. The quantitative estimate of drug-likeness (QED) is 0.0263. The van der Waals surface area contributed by atoms with Gasteiger partial charge < -0.3 is 59.0 Å². The second-order valence-corrected chi connectivity index (χ2v) is 39.5. The molecule has 0 spiro atoms. The van der Waals surface area contributed by atoms with Crippen molar-refractivity contribution in [2.75, 3.05) is 156 Å². The van der Waals surface area contributed by atoms with Gasteiger partial charge >= 0.3 is 40.8 Å². The zero-order valence-corrected chi connectivity index (χ0v) is 75.8. The number of hydrogen-bond donors (Lipinski definition) is 2. The number of carboxylic acid groups (broad SMARTS) is 1. The molecule has 5 aliphatic heterocycles. The van der Waals surface area contributed by atoms with Gasteiger partial charge in [-0.05, 0) is 229 Å². The van der Waals surface area contributed by atoms with Crippen molar-refractivity contribution >= 4 is 67.5 Å². The second kappa shape index (κ2) is 48.5. The molecule has 0 amide bonds. The Balaban J connectivity index is 0.000000215. The first kappa shape index (κ1) is 95.5. The van der Waals surface area contributed by atoms with Crippen LogP contribution in [0.3, 0.4) is 0 Å². The molecule has 7 atom stereocenters. The zero-order valence-electron chi connectivity index (χ0n) is 74.1. The molecule has 2 aromatic heterocycles. The molecule has 4 aromatic carbocycles. The number of nitrogens with zero attached hydrogens (tertiary/aromatic N) is 12. The predicted octanol–water partition coefficient (Wildman–Crippen LogP) is 18.9. The average Bonchev–Trinajstić information content (AvgIpc) is 0.993. The lowest BCUT2D eigenvalue weighted by Crippen LogP contribution is -2.35. The lowest BCUT2D eigenvalue weighted by atomic mass is 9.70. The number of aliphatic carboxylic acids is 1. The summed E-state index contributed by atoms with van der Waals surface area (Å²) in [6, 6.07) is 28.1. The van der Waals surface area contributed by atoms with Gasteiger partial charge in [0.15, 0.2) is 5.78 Å². The van der Waals surface area contributed by atoms with E-state index >= 15 is 0 Å². The maximum atomic E-state index is 13.3. The molecule has 24 nitrogen and oxygen atoms in total. The van der Waals surface area contributed by atoms with Gasteiger partial charge in [-0.3, -0.25) is 22.9 Å². The molecule has 3 saturated heterocycles. The maximum Gasteiger partial charge on any atom is 0.345 e. The SMILES string of the molecule is CCCP1(=O)OP(=O)(CCC)OP(=O)(CCC)O1.CCN(CC)CC.CNC/C=C/C(=O)O.[2H]CF.[C-]#[N+]C[C@@H]1CCCC(c2nc(OC[C@@H]3CCCN3C)nc3c2CCN(c2cccc4cccc(C)c24)C3)C1.[C-]#[N+]C[C@H]1CC(c2nc(OC[C@@H]3CCCN3C)nc3c2CCN(c2cccc4cccc(C)c24)C3)CCC1C(=O)/C=C/CN(C)C. The number of likely N-dealkylation sites (tertiary alicyclic amines) is 2. The summed E-state index contributed by atoms with van der Waals surface area (Å²) < 4.78 is 80.5. The number of ether oxygens (including phenoxy) is 2. The first-order chi connectivity index (χ1) is 57.8. The number of hydrogen-bond acceptors (Lipinski definition) is 21. The number of nitrogens with one attached hydrogen (secondary N) is 1. The Morgan fingerprint density at radius 1 is 0.630 bits per heavy atom. The molecule has 0 radical (unpaired) electrons. The van der Waals surface area contributed by atoms with E-state index in [1.165, 1.54) is 106 Å². The number of anilines is 2. The summed E-state index contributed by atoms with van der Waals surface area (Å²) in [5, 5.41) is 16.0. The third-order valence-electron chi connectivity index (χ3n) is 23.7. The van der Waals surface area contributed by atoms with Gasteiger partial charge in [0.1, 0.15) is 13.2 Å². The molecule has 2 saturated carbocycles. The van der Waals surface area contributed by atoms with Crippen molar-refractivity contribution in [3.63, 3.8) is 0 Å². The van der Waals surface area contributed by atoms with Gasteiger partial charge in [-0.25, -0.2) is 30.9 Å². The van der Waals surface area contributed by atoms with Gasteiger partial charge in [0.25, 0.3) is 0 Å². The third kappa shape index (κ3) is 27.8. The molecule has 7 aliphatic rings. The van der Waals surface area contributed by atoms with Crippen molar-refractivity contribution in [1.29, 1.82) is 0 Å². The molecule has 3 unspecified atom stereocenters. The van der Waals surface area contributed by atoms with E-state index in [9.17, 15) is 27.7 Å². The number of fused-ring (bicyclic) bond motifs is 4. The highest BCUT2D eigenvalue weighted by Gasteiger charge is 2.51. The molecule has 0 bridgehead atoms. The van der Waals surface area contributed by atoms with Crippen LogP contribution in [0.25, 0.3) is 31.2 Å². The summed E-state index contributed by atoms with van der Waals surface area (Å²) in [5.74, 6) is 0.224. The molecule has 2 N–H and O–H groups in total. The van der Waals surface area contributed by atoms with E-state index in [1.54, 1.807) is 40.0 Å². The van der Waals surface area contributed by atoms with Crippen LogP contribution in [0.2, 0.25) is 0 Å². The first-order valence-corrected chi connectivity index (χ1v) is 48.4. The molecule has 7 heterocycles. The van der Waals surface area contributed by atoms with Crippen LogP contribution < -0.4 is 24.6 Å². The van der Waals surface area contributed by atoms with Crippen LogP contribution in [0, 0.1) is 44.7 Å². The summed E-state index contributed by atoms with van der Waals surface area (Å²) in [7, 11) is -1.60. The van der Waals surface area contributed by atoms with Crippen molar-refractivity contribution in [1.82, 2.24) is 44.9 Å². The first-order valence-electron chi connectivity index (χ1n) is 43.9. The number of rotatable bonds is 28. The summed E-state index contributed by atoms with van der Waals surface area (Å²) >= 11 is 0. The fraction of sp³-hybridized carbons (Fsp3) is 0.604. The van der Waals surface area contributed by atoms with Crippen molar-refractivity contribution in [3.05, 3.63) is 165 Å². The topological polar surface area (TPSA) is 243 Å². The fourth-order valence-corrected chi connectivity index (χ4v) is 26.8. The Hall–Kier alpha value is -7.34. The average molecular weight is 1700 g/mol. The number of carboxylic acids is 1. The molecule has 652 valence electrons. The van der Waals surface area contributed by atoms with Gasteiger partial charge in [-0.1, -0.05) is 121 Å². The Kier molecular flexibility index (Phi) is 38.9. The summed E-state index contributed by atoms with van der Waals surface area (Å²) in [4.78, 5) is 65.0. The molecule has 5 fully saturated rings. The van der Waals surface area contributed by atoms with Crippen molar-refractivity contribution < 1.29 is 56.6 Å². The van der Waals surface area contributed by atoms with Crippen LogP contribution >= 0.6 is 22.8 Å². The van der Waals surface area contributed by atoms with E-state index in [0.717, 1.165) is 120 Å². The Morgan fingerprint density at radius 2 is 1.09 bits per heavy atom. The van der Waals surface area contributed by atoms with Crippen molar-refractivity contribution in [3.8, 4) is 12.0 Å². The van der Waals surface area contributed by atoms with Crippen LogP contribution in [-0.4, -0.2) is 215 Å². The predicted molar refractivity (Wildman–Crippen MR) is 480 cm³/mol. The largest absolute Gasteiger partial charge is 0.478 e.